The second-order valence-corrected chi connectivity index (χ2v) is 9.27. The van der Waals surface area contributed by atoms with Crippen LogP contribution in [0.2, 0.25) is 0 Å². The van der Waals surface area contributed by atoms with E-state index in [-0.39, 0.29) is 6.79 Å². The van der Waals surface area contributed by atoms with Crippen molar-refractivity contribution < 1.29 is 19.4 Å². The highest BCUT2D eigenvalue weighted by Gasteiger charge is 2.27. The minimum atomic E-state index is -0.857. The molecular weight excluding hydrogens is 488 g/mol. The SMILES string of the molecule is Nc1ncn(CC[C@H]2CCN(C(=O)O)C2)c2nc(Sc3cc4c(cc3Br)OCO4)nc1-2. The smallest absolute Gasteiger partial charge is 0.407 e. The molecule has 0 spiro atoms. The van der Waals surface area contributed by atoms with E-state index >= 15 is 0 Å². The number of aryl methyl sites for hydroxylation is 1. The molecule has 4 heterocycles. The number of hydrogen-bond donors (Lipinski definition) is 2. The first-order valence-electron chi connectivity index (χ1n) is 9.71. The Morgan fingerprint density at radius 3 is 2.90 bits per heavy atom. The third-order valence-electron chi connectivity index (χ3n) is 5.43. The average molecular weight is 507 g/mol. The molecule has 1 amide bonds. The number of carbonyl (C=O) groups is 1. The van der Waals surface area contributed by atoms with Crippen LogP contribution < -0.4 is 15.2 Å². The minimum Gasteiger partial charge on any atom is -0.465 e. The van der Waals surface area contributed by atoms with Gasteiger partial charge in [0.15, 0.2) is 34.0 Å². The lowest BCUT2D eigenvalue weighted by molar-refractivity contribution is 0.153. The topological polar surface area (TPSA) is 129 Å². The van der Waals surface area contributed by atoms with Crippen molar-refractivity contribution in [3.63, 3.8) is 0 Å². The Labute approximate surface area is 190 Å². The zero-order valence-corrected chi connectivity index (χ0v) is 18.7. The molecule has 0 unspecified atom stereocenters. The van der Waals surface area contributed by atoms with Gasteiger partial charge in [-0.2, -0.15) is 0 Å². The molecule has 1 saturated heterocycles. The molecule has 4 aliphatic heterocycles. The van der Waals surface area contributed by atoms with Crippen LogP contribution in [-0.2, 0) is 6.54 Å². The number of nitrogens with zero attached hydrogens (tertiary/aromatic N) is 5. The molecule has 0 radical (unpaired) electrons. The van der Waals surface area contributed by atoms with E-state index in [2.05, 4.69) is 30.9 Å². The second-order valence-electron chi connectivity index (χ2n) is 7.41. The van der Waals surface area contributed by atoms with E-state index in [1.165, 1.54) is 16.7 Å². The molecule has 1 aromatic carbocycles. The molecule has 1 atom stereocenters. The summed E-state index contributed by atoms with van der Waals surface area (Å²) < 4.78 is 13.6. The van der Waals surface area contributed by atoms with E-state index in [1.807, 2.05) is 16.7 Å². The van der Waals surface area contributed by atoms with Gasteiger partial charge in [-0.15, -0.1) is 0 Å². The number of anilines is 1. The number of ether oxygens (including phenoxy) is 2. The molecule has 3 N–H and O–H groups in total. The van der Waals surface area contributed by atoms with Crippen LogP contribution in [-0.4, -0.2) is 55.5 Å². The fraction of sp³-hybridized carbons (Fsp3) is 0.368. The molecule has 12 heteroatoms. The summed E-state index contributed by atoms with van der Waals surface area (Å²) in [5.41, 5.74) is 6.61. The van der Waals surface area contributed by atoms with Crippen LogP contribution in [0.5, 0.6) is 11.5 Å². The van der Waals surface area contributed by atoms with Crippen molar-refractivity contribution in [1.29, 1.82) is 0 Å². The highest BCUT2D eigenvalue weighted by atomic mass is 79.9. The molecule has 1 aromatic rings. The summed E-state index contributed by atoms with van der Waals surface area (Å²) in [5.74, 6) is 2.69. The minimum absolute atomic E-state index is 0.208. The normalized spacial score (nSPS) is 17.6. The van der Waals surface area contributed by atoms with Gasteiger partial charge < -0.3 is 29.8 Å². The van der Waals surface area contributed by atoms with Gasteiger partial charge in [0.25, 0.3) is 0 Å². The van der Waals surface area contributed by atoms with Gasteiger partial charge in [-0.05, 0) is 58.6 Å². The monoisotopic (exact) mass is 506 g/mol. The van der Waals surface area contributed by atoms with Crippen LogP contribution in [0.3, 0.4) is 0 Å². The molecule has 0 bridgehead atoms. The summed E-state index contributed by atoms with van der Waals surface area (Å²) in [5, 5.41) is 9.70. The van der Waals surface area contributed by atoms with E-state index in [4.69, 9.17) is 20.3 Å². The number of nitrogens with two attached hydrogens (primary N) is 1. The number of aromatic nitrogens is 4. The second kappa shape index (κ2) is 8.08. The number of imidazole rings is 1. The summed E-state index contributed by atoms with van der Waals surface area (Å²) >= 11 is 4.95. The van der Waals surface area contributed by atoms with Gasteiger partial charge in [-0.3, -0.25) is 0 Å². The van der Waals surface area contributed by atoms with Gasteiger partial charge in [0.05, 0.1) is 6.33 Å². The zero-order valence-electron chi connectivity index (χ0n) is 16.3. The number of fused-ring (bicyclic) bond motifs is 2. The predicted octanol–water partition coefficient (Wildman–Crippen LogP) is 3.39. The van der Waals surface area contributed by atoms with Crippen LogP contribution in [0.25, 0.3) is 11.5 Å². The Morgan fingerprint density at radius 2 is 2.13 bits per heavy atom. The lowest BCUT2D eigenvalue weighted by Crippen LogP contribution is -2.26. The first-order valence-corrected chi connectivity index (χ1v) is 11.3. The summed E-state index contributed by atoms with van der Waals surface area (Å²) in [6.07, 6.45) is 2.51. The Bertz CT molecular complexity index is 1130. The highest BCUT2D eigenvalue weighted by Crippen LogP contribution is 2.43. The van der Waals surface area contributed by atoms with E-state index in [0.717, 1.165) is 22.2 Å². The van der Waals surface area contributed by atoms with Crippen molar-refractivity contribution in [1.82, 2.24) is 24.4 Å². The molecule has 5 rings (SSSR count). The zero-order chi connectivity index (χ0) is 21.5. The van der Waals surface area contributed by atoms with Crippen molar-refractivity contribution >= 4 is 39.6 Å². The first-order chi connectivity index (χ1) is 15.0. The fourth-order valence-electron chi connectivity index (χ4n) is 3.78. The molecule has 31 heavy (non-hydrogen) atoms. The summed E-state index contributed by atoms with van der Waals surface area (Å²) in [6, 6.07) is 3.76. The van der Waals surface area contributed by atoms with E-state index in [9.17, 15) is 4.79 Å². The van der Waals surface area contributed by atoms with Gasteiger partial charge >= 0.3 is 6.09 Å². The molecule has 0 saturated carbocycles. The fourth-order valence-corrected chi connectivity index (χ4v) is 5.14. The lowest BCUT2D eigenvalue weighted by Gasteiger charge is -2.15. The third kappa shape index (κ3) is 3.97. The van der Waals surface area contributed by atoms with E-state index < -0.39 is 6.09 Å². The number of nitrogen functional groups attached to an aromatic ring is 1. The quantitative estimate of drug-likeness (QED) is 0.534. The van der Waals surface area contributed by atoms with Crippen LogP contribution in [0.15, 0.2) is 33.0 Å². The summed E-state index contributed by atoms with van der Waals surface area (Å²) in [7, 11) is 0. The number of hydrogen-bond acceptors (Lipinski definition) is 8. The third-order valence-corrected chi connectivity index (χ3v) is 7.28. The molecule has 1 fully saturated rings. The van der Waals surface area contributed by atoms with Gasteiger partial charge in [0, 0.05) is 29.0 Å². The summed E-state index contributed by atoms with van der Waals surface area (Å²) in [6.45, 7) is 2.02. The maximum Gasteiger partial charge on any atom is 0.407 e. The van der Waals surface area contributed by atoms with Crippen molar-refractivity contribution in [3.8, 4) is 23.0 Å². The van der Waals surface area contributed by atoms with Gasteiger partial charge in [-0.25, -0.2) is 19.7 Å². The number of halogens is 1. The molecular formula is C19H19BrN6O4S. The number of amides is 1. The maximum atomic E-state index is 11.1. The van der Waals surface area contributed by atoms with Gasteiger partial charge in [0.1, 0.15) is 0 Å². The predicted molar refractivity (Wildman–Crippen MR) is 116 cm³/mol. The molecule has 4 aliphatic rings. The number of benzene rings is 1. The Morgan fingerprint density at radius 1 is 1.32 bits per heavy atom. The summed E-state index contributed by atoms with van der Waals surface area (Å²) in [4.78, 5) is 27.0. The Balaban J connectivity index is 1.35. The van der Waals surface area contributed by atoms with Crippen LogP contribution in [0.4, 0.5) is 10.6 Å². The largest absolute Gasteiger partial charge is 0.465 e. The Hall–Kier alpha value is -2.73. The lowest BCUT2D eigenvalue weighted by atomic mass is 10.1. The standard InChI is InChI=1S/C19H19BrN6O4S/c20-11-5-12-13(30-9-29-12)6-14(11)31-18-23-15-16(21)22-8-26(17(15)24-18)4-2-10-1-3-25(7-10)19(27)28/h5-6,8,10H,1-4,7,9,21H2,(H,27,28)/t10-/m1/s1. The van der Waals surface area contributed by atoms with E-state index in [0.29, 0.717) is 59.5 Å². The van der Waals surface area contributed by atoms with Crippen LogP contribution in [0, 0.1) is 5.92 Å². The average Bonchev–Trinajstić information content (AvgIpc) is 3.47. The number of rotatable bonds is 5. The molecule has 0 aromatic heterocycles. The van der Waals surface area contributed by atoms with E-state index in [1.54, 1.807) is 6.33 Å². The van der Waals surface area contributed by atoms with Gasteiger partial charge in [-0.1, -0.05) is 0 Å². The molecule has 162 valence electrons. The van der Waals surface area contributed by atoms with Crippen molar-refractivity contribution in [2.24, 2.45) is 5.92 Å². The molecule has 10 nitrogen and oxygen atoms in total. The number of likely N-dealkylation sites (tertiary alicyclic amines) is 1. The first kappa shape index (κ1) is 20.2. The highest BCUT2D eigenvalue weighted by molar-refractivity contribution is 9.10. The maximum absolute atomic E-state index is 11.1. The van der Waals surface area contributed by atoms with Crippen molar-refractivity contribution in [2.45, 2.75) is 29.4 Å². The van der Waals surface area contributed by atoms with Crippen LogP contribution >= 0.6 is 27.7 Å². The number of carboxylic acid groups (broad SMARTS) is 1. The van der Waals surface area contributed by atoms with Crippen molar-refractivity contribution in [2.75, 3.05) is 25.6 Å². The molecule has 0 aliphatic carbocycles. The Kier molecular flexibility index (Phi) is 5.26. The van der Waals surface area contributed by atoms with Gasteiger partial charge in [0.2, 0.25) is 6.79 Å². The van der Waals surface area contributed by atoms with Crippen molar-refractivity contribution in [3.05, 3.63) is 22.9 Å². The van der Waals surface area contributed by atoms with Crippen LogP contribution in [0.1, 0.15) is 12.8 Å².